The zero-order chi connectivity index (χ0) is 17.8. The molecule has 5 nitrogen and oxygen atoms in total. The molecule has 1 fully saturated rings. The standard InChI is InChI=1S/C19H30N2O3/c1-18(2,3)16(20)17(22)21-13-19(9-11-24-12-10-19)14-5-7-15(23-4)8-6-14/h5-8,16H,9-13,20H2,1-4H3,(H,21,22)/t16-/m1/s1. The van der Waals surface area contributed by atoms with Crippen LogP contribution in [0, 0.1) is 5.41 Å². The summed E-state index contributed by atoms with van der Waals surface area (Å²) < 4.78 is 10.8. The Morgan fingerprint density at radius 3 is 2.38 bits per heavy atom. The lowest BCUT2D eigenvalue weighted by Crippen LogP contribution is -2.52. The second-order valence-corrected chi connectivity index (χ2v) is 7.68. The Kier molecular flexibility index (Phi) is 5.88. The Morgan fingerprint density at radius 1 is 1.29 bits per heavy atom. The van der Waals surface area contributed by atoms with Crippen LogP contribution in [0.2, 0.25) is 0 Å². The number of methoxy groups -OCH3 is 1. The Balaban J connectivity index is 2.14. The van der Waals surface area contributed by atoms with Crippen molar-refractivity contribution >= 4 is 5.91 Å². The number of hydrogen-bond acceptors (Lipinski definition) is 4. The van der Waals surface area contributed by atoms with Gasteiger partial charge < -0.3 is 20.5 Å². The lowest BCUT2D eigenvalue weighted by Gasteiger charge is -2.38. The first-order valence-corrected chi connectivity index (χ1v) is 8.54. The van der Waals surface area contributed by atoms with E-state index < -0.39 is 6.04 Å². The Hall–Kier alpha value is -1.59. The van der Waals surface area contributed by atoms with E-state index in [1.165, 1.54) is 5.56 Å². The minimum Gasteiger partial charge on any atom is -0.497 e. The maximum Gasteiger partial charge on any atom is 0.237 e. The van der Waals surface area contributed by atoms with Gasteiger partial charge in [0.15, 0.2) is 0 Å². The van der Waals surface area contributed by atoms with E-state index in [1.807, 2.05) is 32.9 Å². The molecule has 1 saturated heterocycles. The topological polar surface area (TPSA) is 73.6 Å². The van der Waals surface area contributed by atoms with Gasteiger partial charge >= 0.3 is 0 Å². The van der Waals surface area contributed by atoms with Crippen LogP contribution in [0.1, 0.15) is 39.2 Å². The van der Waals surface area contributed by atoms with Crippen molar-refractivity contribution in [3.05, 3.63) is 29.8 Å². The number of hydrogen-bond donors (Lipinski definition) is 2. The van der Waals surface area contributed by atoms with Gasteiger partial charge in [0, 0.05) is 25.2 Å². The first kappa shape index (κ1) is 18.7. The van der Waals surface area contributed by atoms with Gasteiger partial charge in [0.05, 0.1) is 13.2 Å². The van der Waals surface area contributed by atoms with Gasteiger partial charge in [-0.3, -0.25) is 4.79 Å². The highest BCUT2D eigenvalue weighted by atomic mass is 16.5. The van der Waals surface area contributed by atoms with Crippen LogP contribution in [0.25, 0.3) is 0 Å². The second kappa shape index (κ2) is 7.53. The summed E-state index contributed by atoms with van der Waals surface area (Å²) in [7, 11) is 1.66. The molecule has 1 aromatic carbocycles. The molecule has 0 bridgehead atoms. The molecule has 0 spiro atoms. The third kappa shape index (κ3) is 4.28. The van der Waals surface area contributed by atoms with Crippen LogP contribution >= 0.6 is 0 Å². The molecule has 24 heavy (non-hydrogen) atoms. The summed E-state index contributed by atoms with van der Waals surface area (Å²) in [5, 5.41) is 3.08. The van der Waals surface area contributed by atoms with E-state index >= 15 is 0 Å². The predicted octanol–water partition coefficient (Wildman–Crippen LogP) is 2.23. The van der Waals surface area contributed by atoms with Crippen molar-refractivity contribution in [3.63, 3.8) is 0 Å². The first-order valence-electron chi connectivity index (χ1n) is 8.54. The molecule has 0 radical (unpaired) electrons. The summed E-state index contributed by atoms with van der Waals surface area (Å²) in [5.74, 6) is 0.738. The van der Waals surface area contributed by atoms with E-state index in [1.54, 1.807) is 7.11 Å². The van der Waals surface area contributed by atoms with Crippen LogP contribution in [-0.2, 0) is 14.9 Å². The predicted molar refractivity (Wildman–Crippen MR) is 95.2 cm³/mol. The maximum atomic E-state index is 12.4. The van der Waals surface area contributed by atoms with Gasteiger partial charge in [-0.25, -0.2) is 0 Å². The molecule has 1 heterocycles. The molecular formula is C19H30N2O3. The smallest absolute Gasteiger partial charge is 0.237 e. The zero-order valence-corrected chi connectivity index (χ0v) is 15.2. The average molecular weight is 334 g/mol. The van der Waals surface area contributed by atoms with Gasteiger partial charge in [-0.15, -0.1) is 0 Å². The molecule has 0 aliphatic carbocycles. The fourth-order valence-electron chi connectivity index (χ4n) is 3.03. The fraction of sp³-hybridized carbons (Fsp3) is 0.632. The third-order valence-electron chi connectivity index (χ3n) is 4.97. The normalized spacial score (nSPS) is 18.7. The first-order chi connectivity index (χ1) is 11.3. The fourth-order valence-corrected chi connectivity index (χ4v) is 3.03. The zero-order valence-electron chi connectivity index (χ0n) is 15.2. The molecule has 0 unspecified atom stereocenters. The lowest BCUT2D eigenvalue weighted by atomic mass is 9.74. The summed E-state index contributed by atoms with van der Waals surface area (Å²) in [6, 6.07) is 7.58. The Morgan fingerprint density at radius 2 is 1.88 bits per heavy atom. The van der Waals surface area contributed by atoms with Gasteiger partial charge in [0.2, 0.25) is 5.91 Å². The molecule has 1 aromatic rings. The van der Waals surface area contributed by atoms with Gasteiger partial charge in [0.25, 0.3) is 0 Å². The van der Waals surface area contributed by atoms with Crippen LogP contribution in [0.15, 0.2) is 24.3 Å². The molecule has 2 rings (SSSR count). The van der Waals surface area contributed by atoms with Crippen molar-refractivity contribution < 1.29 is 14.3 Å². The summed E-state index contributed by atoms with van der Waals surface area (Å²) >= 11 is 0. The Bertz CT molecular complexity index is 543. The molecule has 134 valence electrons. The number of nitrogens with two attached hydrogens (primary N) is 1. The number of rotatable bonds is 5. The molecule has 1 atom stereocenters. The van der Waals surface area contributed by atoms with E-state index in [0.717, 1.165) is 18.6 Å². The van der Waals surface area contributed by atoms with Crippen molar-refractivity contribution in [2.45, 2.75) is 45.1 Å². The minimum atomic E-state index is -0.523. The molecule has 1 aliphatic rings. The molecule has 0 saturated carbocycles. The molecule has 5 heteroatoms. The second-order valence-electron chi connectivity index (χ2n) is 7.68. The quantitative estimate of drug-likeness (QED) is 0.866. The van der Waals surface area contributed by atoms with E-state index in [4.69, 9.17) is 15.2 Å². The van der Waals surface area contributed by atoms with Crippen LogP contribution in [0.4, 0.5) is 0 Å². The van der Waals surface area contributed by atoms with Gasteiger partial charge in [0.1, 0.15) is 5.75 Å². The van der Waals surface area contributed by atoms with E-state index in [2.05, 4.69) is 17.4 Å². The summed E-state index contributed by atoms with van der Waals surface area (Å²) in [6.45, 7) is 7.91. The number of benzene rings is 1. The highest BCUT2D eigenvalue weighted by molar-refractivity contribution is 5.82. The van der Waals surface area contributed by atoms with E-state index in [0.29, 0.717) is 19.8 Å². The number of carbonyl (C=O) groups excluding carboxylic acids is 1. The van der Waals surface area contributed by atoms with Crippen molar-refractivity contribution in [3.8, 4) is 5.75 Å². The van der Waals surface area contributed by atoms with E-state index in [-0.39, 0.29) is 16.7 Å². The number of carbonyl (C=O) groups is 1. The third-order valence-corrected chi connectivity index (χ3v) is 4.97. The molecule has 0 aromatic heterocycles. The van der Waals surface area contributed by atoms with Gasteiger partial charge in [-0.05, 0) is 36.0 Å². The summed E-state index contributed by atoms with van der Waals surface area (Å²) in [5.41, 5.74) is 6.91. The van der Waals surface area contributed by atoms with Crippen LogP contribution in [0.3, 0.4) is 0 Å². The summed E-state index contributed by atoms with van der Waals surface area (Å²) in [6.07, 6.45) is 1.76. The molecule has 1 aliphatic heterocycles. The number of nitrogens with one attached hydrogen (secondary N) is 1. The maximum absolute atomic E-state index is 12.4. The van der Waals surface area contributed by atoms with Crippen molar-refractivity contribution in [1.29, 1.82) is 0 Å². The number of amides is 1. The van der Waals surface area contributed by atoms with Gasteiger partial charge in [-0.2, -0.15) is 0 Å². The Labute approximate surface area is 144 Å². The molecule has 3 N–H and O–H groups in total. The van der Waals surface area contributed by atoms with Crippen LogP contribution < -0.4 is 15.8 Å². The van der Waals surface area contributed by atoms with Gasteiger partial charge in [-0.1, -0.05) is 32.9 Å². The highest BCUT2D eigenvalue weighted by Gasteiger charge is 2.36. The SMILES string of the molecule is COc1ccc(C2(CNC(=O)[C@@H](N)C(C)(C)C)CCOCC2)cc1. The molecular weight excluding hydrogens is 304 g/mol. The van der Waals surface area contributed by atoms with Crippen molar-refractivity contribution in [2.75, 3.05) is 26.9 Å². The average Bonchev–Trinajstić information content (AvgIpc) is 2.59. The van der Waals surface area contributed by atoms with Crippen molar-refractivity contribution in [2.24, 2.45) is 11.1 Å². The largest absolute Gasteiger partial charge is 0.497 e. The highest BCUT2D eigenvalue weighted by Crippen LogP contribution is 2.35. The lowest BCUT2D eigenvalue weighted by molar-refractivity contribution is -0.125. The summed E-state index contributed by atoms with van der Waals surface area (Å²) in [4.78, 5) is 12.4. The molecule has 1 amide bonds. The monoisotopic (exact) mass is 334 g/mol. The minimum absolute atomic E-state index is 0.0955. The number of ether oxygens (including phenoxy) is 2. The van der Waals surface area contributed by atoms with Crippen LogP contribution in [-0.4, -0.2) is 38.8 Å². The van der Waals surface area contributed by atoms with E-state index in [9.17, 15) is 4.79 Å². The van der Waals surface area contributed by atoms with Crippen LogP contribution in [0.5, 0.6) is 5.75 Å². The van der Waals surface area contributed by atoms with Crippen molar-refractivity contribution in [1.82, 2.24) is 5.32 Å².